The van der Waals surface area contributed by atoms with Crippen molar-refractivity contribution in [1.82, 2.24) is 0 Å². The number of carbonyl (C=O) groups excluding carboxylic acids is 3. The van der Waals surface area contributed by atoms with Crippen molar-refractivity contribution in [2.75, 3.05) is 13.2 Å². The van der Waals surface area contributed by atoms with Gasteiger partial charge in [-0.05, 0) is 116 Å². The molecule has 0 spiro atoms. The van der Waals surface area contributed by atoms with Gasteiger partial charge in [-0.1, -0.05) is 270 Å². The molecule has 0 heterocycles. The van der Waals surface area contributed by atoms with Crippen molar-refractivity contribution in [2.24, 2.45) is 0 Å². The lowest BCUT2D eigenvalue weighted by Gasteiger charge is -2.18. The summed E-state index contributed by atoms with van der Waals surface area (Å²) in [4.78, 5) is 38.3. The van der Waals surface area contributed by atoms with Crippen molar-refractivity contribution >= 4 is 17.9 Å². The van der Waals surface area contributed by atoms with E-state index in [1.165, 1.54) is 83.5 Å². The van der Waals surface area contributed by atoms with Gasteiger partial charge in [0.2, 0.25) is 0 Å². The van der Waals surface area contributed by atoms with Crippen LogP contribution in [0.2, 0.25) is 0 Å². The molecule has 0 amide bonds. The van der Waals surface area contributed by atoms with Gasteiger partial charge in [-0.15, -0.1) is 0 Å². The largest absolute Gasteiger partial charge is 0.462 e. The van der Waals surface area contributed by atoms with E-state index in [9.17, 15) is 14.4 Å². The Morgan fingerprint density at radius 1 is 0.276 bits per heavy atom. The zero-order chi connectivity index (χ0) is 55.0. The Morgan fingerprint density at radius 3 is 0.829 bits per heavy atom. The molecule has 430 valence electrons. The van der Waals surface area contributed by atoms with Crippen LogP contribution in [0.25, 0.3) is 0 Å². The van der Waals surface area contributed by atoms with Crippen LogP contribution in [0.1, 0.15) is 271 Å². The molecule has 0 aromatic rings. The minimum Gasteiger partial charge on any atom is -0.462 e. The lowest BCUT2D eigenvalue weighted by atomic mass is 10.0. The van der Waals surface area contributed by atoms with Gasteiger partial charge < -0.3 is 14.2 Å². The van der Waals surface area contributed by atoms with Crippen LogP contribution in [0.5, 0.6) is 0 Å². The van der Waals surface area contributed by atoms with Crippen molar-refractivity contribution in [1.29, 1.82) is 0 Å². The van der Waals surface area contributed by atoms with E-state index in [0.717, 1.165) is 141 Å². The van der Waals surface area contributed by atoms with E-state index in [0.29, 0.717) is 25.7 Å². The Kier molecular flexibility index (Phi) is 59.4. The van der Waals surface area contributed by atoms with E-state index in [-0.39, 0.29) is 31.1 Å². The van der Waals surface area contributed by atoms with Gasteiger partial charge in [-0.25, -0.2) is 0 Å². The zero-order valence-corrected chi connectivity index (χ0v) is 49.2. The lowest BCUT2D eigenvalue weighted by Crippen LogP contribution is -2.30. The number of unbranched alkanes of at least 4 members (excludes halogenated alkanes) is 22. The molecule has 76 heavy (non-hydrogen) atoms. The first-order chi connectivity index (χ1) is 37.5. The molecule has 0 fully saturated rings. The van der Waals surface area contributed by atoms with Crippen LogP contribution in [-0.4, -0.2) is 37.2 Å². The molecule has 1 unspecified atom stereocenters. The summed E-state index contributed by atoms with van der Waals surface area (Å²) in [6.07, 6.45) is 88.8. The van der Waals surface area contributed by atoms with E-state index in [2.05, 4.69) is 154 Å². The highest BCUT2D eigenvalue weighted by molar-refractivity contribution is 5.71. The van der Waals surface area contributed by atoms with E-state index in [1.807, 2.05) is 0 Å². The smallest absolute Gasteiger partial charge is 0.306 e. The lowest BCUT2D eigenvalue weighted by molar-refractivity contribution is -0.167. The molecule has 0 rings (SSSR count). The van der Waals surface area contributed by atoms with Crippen LogP contribution in [0, 0.1) is 0 Å². The highest BCUT2D eigenvalue weighted by Gasteiger charge is 2.19. The van der Waals surface area contributed by atoms with Crippen LogP contribution in [0.15, 0.2) is 134 Å². The predicted molar refractivity (Wildman–Crippen MR) is 329 cm³/mol. The van der Waals surface area contributed by atoms with Crippen LogP contribution in [0.3, 0.4) is 0 Å². The topological polar surface area (TPSA) is 78.9 Å². The maximum Gasteiger partial charge on any atom is 0.306 e. The molecule has 0 saturated heterocycles. The maximum absolute atomic E-state index is 12.9. The minimum absolute atomic E-state index is 0.103. The monoisotopic (exact) mass is 1050 g/mol. The van der Waals surface area contributed by atoms with Crippen molar-refractivity contribution in [2.45, 2.75) is 277 Å². The van der Waals surface area contributed by atoms with Gasteiger partial charge in [0, 0.05) is 19.3 Å². The molecular weight excluding hydrogens is 937 g/mol. The van der Waals surface area contributed by atoms with E-state index in [1.54, 1.807) is 0 Å². The van der Waals surface area contributed by atoms with Crippen molar-refractivity contribution < 1.29 is 28.6 Å². The van der Waals surface area contributed by atoms with E-state index in [4.69, 9.17) is 14.2 Å². The van der Waals surface area contributed by atoms with Gasteiger partial charge in [0.25, 0.3) is 0 Å². The predicted octanol–water partition coefficient (Wildman–Crippen LogP) is 21.4. The summed E-state index contributed by atoms with van der Waals surface area (Å²) >= 11 is 0. The number of hydrogen-bond donors (Lipinski definition) is 0. The van der Waals surface area contributed by atoms with Crippen LogP contribution >= 0.6 is 0 Å². The van der Waals surface area contributed by atoms with Gasteiger partial charge in [-0.2, -0.15) is 0 Å². The molecular formula is C70H114O6. The zero-order valence-electron chi connectivity index (χ0n) is 49.2. The van der Waals surface area contributed by atoms with Gasteiger partial charge in [-0.3, -0.25) is 14.4 Å². The molecule has 1 atom stereocenters. The Morgan fingerprint density at radius 2 is 0.513 bits per heavy atom. The second kappa shape index (κ2) is 63.1. The molecule has 0 saturated carbocycles. The summed E-state index contributed by atoms with van der Waals surface area (Å²) in [7, 11) is 0. The second-order valence-corrected chi connectivity index (χ2v) is 20.2. The first kappa shape index (κ1) is 71.5. The number of rotatable bonds is 55. The van der Waals surface area contributed by atoms with E-state index >= 15 is 0 Å². The van der Waals surface area contributed by atoms with Crippen molar-refractivity contribution in [3.8, 4) is 0 Å². The Bertz CT molecular complexity index is 1630. The summed E-state index contributed by atoms with van der Waals surface area (Å²) in [5.41, 5.74) is 0. The molecule has 0 aromatic carbocycles. The number of hydrogen-bond acceptors (Lipinski definition) is 6. The fourth-order valence-electron chi connectivity index (χ4n) is 8.30. The first-order valence-corrected chi connectivity index (χ1v) is 31.2. The molecule has 0 N–H and O–H groups in total. The Hall–Kier alpha value is -4.45. The average Bonchev–Trinajstić information content (AvgIpc) is 3.42. The number of esters is 3. The molecule has 0 aromatic heterocycles. The van der Waals surface area contributed by atoms with Crippen LogP contribution in [0.4, 0.5) is 0 Å². The van der Waals surface area contributed by atoms with Gasteiger partial charge >= 0.3 is 17.9 Å². The average molecular weight is 1050 g/mol. The van der Waals surface area contributed by atoms with Crippen LogP contribution < -0.4 is 0 Å². The summed E-state index contributed by atoms with van der Waals surface area (Å²) in [6.45, 7) is 6.37. The molecule has 6 nitrogen and oxygen atoms in total. The molecule has 0 bridgehead atoms. The Balaban J connectivity index is 4.46. The van der Waals surface area contributed by atoms with Crippen molar-refractivity contribution in [3.63, 3.8) is 0 Å². The van der Waals surface area contributed by atoms with Gasteiger partial charge in [0.15, 0.2) is 6.10 Å². The molecule has 0 radical (unpaired) electrons. The third-order valence-corrected chi connectivity index (χ3v) is 12.9. The molecule has 0 aliphatic rings. The SMILES string of the molecule is CC/C=C\C/C=C\C/C=C\C/C=C\C/C=C\C/C=C\C/C=C\C/C=C\CCCCC(=O)OCC(COC(=O)CCCCCCC/C=C\C/C=C\C/C=C\CC)OC(=O)CCCCCCCCCCCCCCCCCC. The number of carbonyl (C=O) groups is 3. The fraction of sp³-hybridized carbons (Fsp3) is 0.643. The van der Waals surface area contributed by atoms with Crippen molar-refractivity contribution in [3.05, 3.63) is 134 Å². The maximum atomic E-state index is 12.9. The normalized spacial score (nSPS) is 13.0. The highest BCUT2D eigenvalue weighted by atomic mass is 16.6. The van der Waals surface area contributed by atoms with E-state index < -0.39 is 6.10 Å². The summed E-state index contributed by atoms with van der Waals surface area (Å²) in [5, 5.41) is 0. The minimum atomic E-state index is -0.807. The summed E-state index contributed by atoms with van der Waals surface area (Å²) in [5.74, 6) is -0.960. The Labute approximate surface area is 468 Å². The summed E-state index contributed by atoms with van der Waals surface area (Å²) < 4.78 is 16.9. The number of allylic oxidation sites excluding steroid dienone is 22. The standard InChI is InChI=1S/C70H114O6/c1-4-7-10-13-16-19-22-25-28-30-31-32-33-34-35-36-37-38-39-40-43-45-48-51-54-57-60-63-69(72)75-66-67(65-74-68(71)62-59-56-53-50-47-44-41-27-24-21-18-15-12-9-6-3)76-70(73)64-61-58-55-52-49-46-42-29-26-23-20-17-14-11-8-5-2/h7,9-10,12,16,18-19,21,25,27-28,31-32,34-35,37-38,40-41,43,48,51,67H,4-6,8,11,13-15,17,20,22-24,26,29-30,33,36,39,42,44-47,49-50,52-66H2,1-3H3/b10-7-,12-9-,19-16-,21-18-,28-25-,32-31-,35-34-,38-37-,41-27-,43-40-,51-48-. The quantitative estimate of drug-likeness (QED) is 0.0261. The van der Waals surface area contributed by atoms with Crippen LogP contribution in [-0.2, 0) is 28.6 Å². The molecule has 6 heteroatoms. The fourth-order valence-corrected chi connectivity index (χ4v) is 8.30. The summed E-state index contributed by atoms with van der Waals surface area (Å²) in [6, 6.07) is 0. The highest BCUT2D eigenvalue weighted by Crippen LogP contribution is 2.15. The number of ether oxygens (including phenoxy) is 3. The van der Waals surface area contributed by atoms with Gasteiger partial charge in [0.1, 0.15) is 13.2 Å². The third-order valence-electron chi connectivity index (χ3n) is 12.9. The molecule has 0 aliphatic heterocycles. The second-order valence-electron chi connectivity index (χ2n) is 20.2. The molecule has 0 aliphatic carbocycles. The van der Waals surface area contributed by atoms with Gasteiger partial charge in [0.05, 0.1) is 0 Å². The third kappa shape index (κ3) is 60.4. The first-order valence-electron chi connectivity index (χ1n) is 31.2.